The maximum Gasteiger partial charge on any atom is 0.330 e. The molecule has 0 saturated heterocycles. The second-order valence-electron chi connectivity index (χ2n) is 5.43. The summed E-state index contributed by atoms with van der Waals surface area (Å²) < 4.78 is 5.06. The van der Waals surface area contributed by atoms with Crippen LogP contribution in [0.4, 0.5) is 0 Å². The first-order chi connectivity index (χ1) is 11.1. The number of carbonyl (C=O) groups excluding carboxylic acids is 1. The first-order valence-corrected chi connectivity index (χ1v) is 8.19. The van der Waals surface area contributed by atoms with Crippen LogP contribution in [0.25, 0.3) is 0 Å². The molecule has 2 N–H and O–H groups in total. The van der Waals surface area contributed by atoms with Crippen molar-refractivity contribution >= 4 is 23.2 Å². The molecule has 1 aromatic carbocycles. The number of hydrogen-bond acceptors (Lipinski definition) is 4. The zero-order valence-corrected chi connectivity index (χ0v) is 13.5. The smallest absolute Gasteiger partial charge is 0.330 e. The molecule has 0 bridgehead atoms. The monoisotopic (exact) mass is 331 g/mol. The fraction of sp³-hybridized carbons (Fsp3) is 0.294. The number of aryl methyl sites for hydroxylation is 2. The molecule has 120 valence electrons. The molecule has 1 amide bonds. The van der Waals surface area contributed by atoms with Gasteiger partial charge in [0.25, 0.3) is 5.91 Å². The number of benzene rings is 1. The number of thiophene rings is 1. The molecule has 0 fully saturated rings. The number of nitrogens with one attached hydrogen (secondary N) is 1. The summed E-state index contributed by atoms with van der Waals surface area (Å²) in [7, 11) is 1.54. The van der Waals surface area contributed by atoms with E-state index in [9.17, 15) is 14.7 Å². The van der Waals surface area contributed by atoms with Crippen molar-refractivity contribution in [2.45, 2.75) is 25.3 Å². The molecule has 6 heteroatoms. The molecule has 0 saturated carbocycles. The van der Waals surface area contributed by atoms with Crippen LogP contribution in [0.15, 0.2) is 30.3 Å². The van der Waals surface area contributed by atoms with Gasteiger partial charge in [-0.15, -0.1) is 11.3 Å². The van der Waals surface area contributed by atoms with Crippen LogP contribution in [0.3, 0.4) is 0 Å². The van der Waals surface area contributed by atoms with Gasteiger partial charge in [-0.05, 0) is 48.6 Å². The van der Waals surface area contributed by atoms with Gasteiger partial charge in [-0.1, -0.05) is 12.1 Å². The van der Waals surface area contributed by atoms with E-state index in [1.165, 1.54) is 21.8 Å². The highest BCUT2D eigenvalue weighted by Gasteiger charge is 2.25. The van der Waals surface area contributed by atoms with Crippen LogP contribution in [0, 0.1) is 0 Å². The highest BCUT2D eigenvalue weighted by molar-refractivity contribution is 7.14. The molecule has 0 radical (unpaired) electrons. The minimum absolute atomic E-state index is 0.340. The number of amides is 1. The molecular formula is C17H17NO4S. The maximum absolute atomic E-state index is 12.4. The second kappa shape index (κ2) is 6.42. The van der Waals surface area contributed by atoms with Gasteiger partial charge in [0.05, 0.1) is 12.0 Å². The van der Waals surface area contributed by atoms with E-state index in [1.54, 1.807) is 31.4 Å². The largest absolute Gasteiger partial charge is 0.497 e. The normalized spacial score (nSPS) is 14.1. The molecule has 0 spiro atoms. The van der Waals surface area contributed by atoms with Crippen molar-refractivity contribution in [2.24, 2.45) is 0 Å². The van der Waals surface area contributed by atoms with Crippen molar-refractivity contribution in [3.8, 4) is 5.75 Å². The lowest BCUT2D eigenvalue weighted by Gasteiger charge is -2.14. The molecule has 0 aliphatic heterocycles. The third-order valence-corrected chi connectivity index (χ3v) is 5.18. The van der Waals surface area contributed by atoms with Crippen molar-refractivity contribution in [1.82, 2.24) is 5.32 Å². The van der Waals surface area contributed by atoms with Crippen LogP contribution in [0.1, 0.15) is 38.1 Å². The minimum atomic E-state index is -1.09. The van der Waals surface area contributed by atoms with Crippen LogP contribution in [0.2, 0.25) is 0 Å². The number of fused-ring (bicyclic) bond motifs is 1. The van der Waals surface area contributed by atoms with Gasteiger partial charge in [-0.2, -0.15) is 0 Å². The summed E-state index contributed by atoms with van der Waals surface area (Å²) in [6.45, 7) is 0. The predicted molar refractivity (Wildman–Crippen MR) is 87.2 cm³/mol. The second-order valence-corrected chi connectivity index (χ2v) is 6.57. The zero-order chi connectivity index (χ0) is 16.4. The highest BCUT2D eigenvalue weighted by atomic mass is 32.1. The minimum Gasteiger partial charge on any atom is -0.497 e. The average molecular weight is 331 g/mol. The maximum atomic E-state index is 12.4. The Morgan fingerprint density at radius 1 is 1.26 bits per heavy atom. The molecule has 1 aromatic heterocycles. The lowest BCUT2D eigenvalue weighted by Crippen LogP contribution is -2.33. The van der Waals surface area contributed by atoms with Gasteiger partial charge in [0.2, 0.25) is 0 Å². The molecule has 1 aliphatic rings. The van der Waals surface area contributed by atoms with E-state index in [1.807, 2.05) is 6.07 Å². The third-order valence-electron chi connectivity index (χ3n) is 3.94. The first-order valence-electron chi connectivity index (χ1n) is 7.37. The van der Waals surface area contributed by atoms with Crippen molar-refractivity contribution in [1.29, 1.82) is 0 Å². The van der Waals surface area contributed by atoms with E-state index in [2.05, 4.69) is 5.32 Å². The molecule has 1 atom stereocenters. The SMILES string of the molecule is COc1ccc(C(NC(=O)c2cc3c(s2)CCC3)C(=O)O)cc1. The fourth-order valence-electron chi connectivity index (χ4n) is 2.73. The molecule has 1 heterocycles. The first kappa shape index (κ1) is 15.6. The molecule has 5 nitrogen and oxygen atoms in total. The number of carbonyl (C=O) groups is 2. The lowest BCUT2D eigenvalue weighted by molar-refractivity contribution is -0.139. The van der Waals surface area contributed by atoms with Gasteiger partial charge in [0, 0.05) is 4.88 Å². The van der Waals surface area contributed by atoms with Crippen LogP contribution >= 0.6 is 11.3 Å². The number of aliphatic carboxylic acids is 1. The standard InChI is InChI=1S/C17H17NO4S/c1-22-12-7-5-10(6-8-12)15(17(20)21)18-16(19)14-9-11-3-2-4-13(11)23-14/h5-9,15H,2-4H2,1H3,(H,18,19)(H,20,21). The molecular weight excluding hydrogens is 314 g/mol. The number of hydrogen-bond donors (Lipinski definition) is 2. The summed E-state index contributed by atoms with van der Waals surface area (Å²) in [4.78, 5) is 25.7. The van der Waals surface area contributed by atoms with Gasteiger partial charge in [-0.3, -0.25) is 4.79 Å². The summed E-state index contributed by atoms with van der Waals surface area (Å²) in [6, 6.07) is 7.45. The van der Waals surface area contributed by atoms with Gasteiger partial charge in [0.1, 0.15) is 5.75 Å². The molecule has 2 aromatic rings. The van der Waals surface area contributed by atoms with Crippen molar-refractivity contribution in [3.63, 3.8) is 0 Å². The Balaban J connectivity index is 1.78. The third kappa shape index (κ3) is 3.22. The summed E-state index contributed by atoms with van der Waals surface area (Å²) in [5, 5.41) is 12.0. The predicted octanol–water partition coefficient (Wildman–Crippen LogP) is 2.80. The van der Waals surface area contributed by atoms with E-state index < -0.39 is 12.0 Å². The van der Waals surface area contributed by atoms with E-state index in [0.29, 0.717) is 16.2 Å². The molecule has 1 aliphatic carbocycles. The lowest BCUT2D eigenvalue weighted by atomic mass is 10.1. The average Bonchev–Trinajstić information content (AvgIpc) is 3.14. The summed E-state index contributed by atoms with van der Waals surface area (Å²) in [5.74, 6) is -0.792. The number of methoxy groups -OCH3 is 1. The van der Waals surface area contributed by atoms with Gasteiger partial charge in [-0.25, -0.2) is 4.79 Å². The van der Waals surface area contributed by atoms with Gasteiger partial charge >= 0.3 is 5.97 Å². The topological polar surface area (TPSA) is 75.6 Å². The van der Waals surface area contributed by atoms with Crippen LogP contribution in [0.5, 0.6) is 5.75 Å². The number of rotatable bonds is 5. The summed E-state index contributed by atoms with van der Waals surface area (Å²) in [6.07, 6.45) is 3.14. The Kier molecular flexibility index (Phi) is 4.34. The van der Waals surface area contributed by atoms with Gasteiger partial charge < -0.3 is 15.2 Å². The van der Waals surface area contributed by atoms with Crippen molar-refractivity contribution in [3.05, 3.63) is 51.2 Å². The Labute approximate surface area is 137 Å². The van der Waals surface area contributed by atoms with Crippen LogP contribution < -0.4 is 10.1 Å². The highest BCUT2D eigenvalue weighted by Crippen LogP contribution is 2.31. The summed E-state index contributed by atoms with van der Waals surface area (Å²) >= 11 is 1.46. The number of carboxylic acids is 1. The van der Waals surface area contributed by atoms with Crippen molar-refractivity contribution < 1.29 is 19.4 Å². The van der Waals surface area contributed by atoms with E-state index >= 15 is 0 Å². The number of ether oxygens (including phenoxy) is 1. The molecule has 1 unspecified atom stereocenters. The van der Waals surface area contributed by atoms with Crippen molar-refractivity contribution in [2.75, 3.05) is 7.11 Å². The van der Waals surface area contributed by atoms with E-state index in [4.69, 9.17) is 4.74 Å². The molecule has 3 rings (SSSR count). The Bertz CT molecular complexity index is 714. The fourth-order valence-corrected chi connectivity index (χ4v) is 3.88. The quantitative estimate of drug-likeness (QED) is 0.883. The molecule has 23 heavy (non-hydrogen) atoms. The van der Waals surface area contributed by atoms with Crippen LogP contribution in [-0.4, -0.2) is 24.1 Å². The number of carboxylic acid groups (broad SMARTS) is 1. The van der Waals surface area contributed by atoms with Gasteiger partial charge in [0.15, 0.2) is 6.04 Å². The van der Waals surface area contributed by atoms with E-state index in [-0.39, 0.29) is 5.91 Å². The van der Waals surface area contributed by atoms with Crippen LogP contribution in [-0.2, 0) is 17.6 Å². The Hall–Kier alpha value is -2.34. The summed E-state index contributed by atoms with van der Waals surface area (Å²) in [5.41, 5.74) is 1.73. The van der Waals surface area contributed by atoms with E-state index in [0.717, 1.165) is 19.3 Å². The zero-order valence-electron chi connectivity index (χ0n) is 12.7. The Morgan fingerprint density at radius 2 is 2.00 bits per heavy atom. The Morgan fingerprint density at radius 3 is 2.61 bits per heavy atom.